The van der Waals surface area contributed by atoms with Crippen LogP contribution in [0.2, 0.25) is 0 Å². The lowest BCUT2D eigenvalue weighted by molar-refractivity contribution is -0.133. The fourth-order valence-electron chi connectivity index (χ4n) is 3.19. The number of carbonyl (C=O) groups excluding carboxylic acids is 1. The summed E-state index contributed by atoms with van der Waals surface area (Å²) in [6.45, 7) is 3.90. The highest BCUT2D eigenvalue weighted by molar-refractivity contribution is 5.82. The standard InChI is InChI=1S/C20H24N2O2/c1-2-24-19(16-9-4-3-5-10-16)20(23)22-14-18-17-11-7-6-8-15(17)12-13-21-18/h3-11,18-19,21H,2,12-14H2,1H3,(H,22,23). The van der Waals surface area contributed by atoms with E-state index in [1.54, 1.807) is 0 Å². The Balaban J connectivity index is 1.66. The third-order valence-corrected chi connectivity index (χ3v) is 4.37. The van der Waals surface area contributed by atoms with Crippen molar-refractivity contribution in [1.29, 1.82) is 0 Å². The lowest BCUT2D eigenvalue weighted by Crippen LogP contribution is -2.40. The Bertz CT molecular complexity index is 672. The SMILES string of the molecule is CCOC(C(=O)NCC1NCCc2ccccc21)c1ccccc1. The van der Waals surface area contributed by atoms with Gasteiger partial charge in [-0.15, -0.1) is 0 Å². The van der Waals surface area contributed by atoms with Gasteiger partial charge in [-0.2, -0.15) is 0 Å². The molecule has 0 bridgehead atoms. The molecule has 3 rings (SSSR count). The average Bonchev–Trinajstić information content (AvgIpc) is 2.65. The fraction of sp³-hybridized carbons (Fsp3) is 0.350. The zero-order chi connectivity index (χ0) is 16.8. The molecule has 4 nitrogen and oxygen atoms in total. The van der Waals surface area contributed by atoms with Crippen molar-refractivity contribution in [2.24, 2.45) is 0 Å². The van der Waals surface area contributed by atoms with E-state index < -0.39 is 6.10 Å². The molecule has 126 valence electrons. The molecule has 0 fully saturated rings. The molecule has 0 aliphatic carbocycles. The minimum Gasteiger partial charge on any atom is -0.364 e. The maximum Gasteiger partial charge on any atom is 0.253 e. The zero-order valence-electron chi connectivity index (χ0n) is 14.0. The quantitative estimate of drug-likeness (QED) is 0.859. The first-order valence-electron chi connectivity index (χ1n) is 8.55. The van der Waals surface area contributed by atoms with Crippen LogP contribution in [0, 0.1) is 0 Å². The first-order valence-corrected chi connectivity index (χ1v) is 8.55. The number of carbonyl (C=O) groups is 1. The van der Waals surface area contributed by atoms with E-state index in [0.717, 1.165) is 18.5 Å². The van der Waals surface area contributed by atoms with Gasteiger partial charge in [-0.1, -0.05) is 54.6 Å². The summed E-state index contributed by atoms with van der Waals surface area (Å²) in [7, 11) is 0. The summed E-state index contributed by atoms with van der Waals surface area (Å²) in [6.07, 6.45) is 0.474. The molecular weight excluding hydrogens is 300 g/mol. The van der Waals surface area contributed by atoms with Crippen molar-refractivity contribution < 1.29 is 9.53 Å². The number of hydrogen-bond donors (Lipinski definition) is 2. The second kappa shape index (κ2) is 8.08. The molecule has 0 saturated carbocycles. The van der Waals surface area contributed by atoms with Crippen LogP contribution >= 0.6 is 0 Å². The summed E-state index contributed by atoms with van der Waals surface area (Å²) in [5.74, 6) is -0.0899. The summed E-state index contributed by atoms with van der Waals surface area (Å²) in [6, 6.07) is 18.2. The van der Waals surface area contributed by atoms with Gasteiger partial charge in [0.05, 0.1) is 0 Å². The highest BCUT2D eigenvalue weighted by Crippen LogP contribution is 2.23. The number of rotatable bonds is 6. The van der Waals surface area contributed by atoms with Gasteiger partial charge in [-0.3, -0.25) is 4.79 Å². The van der Waals surface area contributed by atoms with Gasteiger partial charge in [0, 0.05) is 19.2 Å². The van der Waals surface area contributed by atoms with Crippen molar-refractivity contribution >= 4 is 5.91 Å². The van der Waals surface area contributed by atoms with Crippen molar-refractivity contribution in [2.45, 2.75) is 25.5 Å². The van der Waals surface area contributed by atoms with Crippen molar-refractivity contribution in [3.8, 4) is 0 Å². The summed E-state index contributed by atoms with van der Waals surface area (Å²) in [5, 5.41) is 6.54. The van der Waals surface area contributed by atoms with Gasteiger partial charge in [0.1, 0.15) is 0 Å². The van der Waals surface area contributed by atoms with Crippen molar-refractivity contribution in [3.05, 3.63) is 71.3 Å². The molecule has 1 aliphatic heterocycles. The van der Waals surface area contributed by atoms with Crippen LogP contribution in [0.15, 0.2) is 54.6 Å². The first kappa shape index (κ1) is 16.7. The van der Waals surface area contributed by atoms with Gasteiger partial charge in [-0.25, -0.2) is 0 Å². The Morgan fingerprint density at radius 1 is 1.21 bits per heavy atom. The van der Waals surface area contributed by atoms with Crippen molar-refractivity contribution in [3.63, 3.8) is 0 Å². The van der Waals surface area contributed by atoms with Gasteiger partial charge in [0.15, 0.2) is 6.10 Å². The molecule has 4 heteroatoms. The Morgan fingerprint density at radius 3 is 2.75 bits per heavy atom. The van der Waals surface area contributed by atoms with Crippen LogP contribution in [-0.4, -0.2) is 25.6 Å². The monoisotopic (exact) mass is 324 g/mol. The van der Waals surface area contributed by atoms with E-state index in [1.165, 1.54) is 11.1 Å². The van der Waals surface area contributed by atoms with E-state index >= 15 is 0 Å². The molecule has 0 spiro atoms. The maximum absolute atomic E-state index is 12.6. The first-order chi connectivity index (χ1) is 11.8. The molecule has 24 heavy (non-hydrogen) atoms. The average molecular weight is 324 g/mol. The molecule has 2 aromatic carbocycles. The van der Waals surface area contributed by atoms with Gasteiger partial charge >= 0.3 is 0 Å². The molecule has 1 aliphatic rings. The van der Waals surface area contributed by atoms with Crippen LogP contribution in [0.25, 0.3) is 0 Å². The molecule has 2 atom stereocenters. The molecular formula is C20H24N2O2. The lowest BCUT2D eigenvalue weighted by Gasteiger charge is -2.28. The Labute approximate surface area is 143 Å². The van der Waals surface area contributed by atoms with Gasteiger partial charge < -0.3 is 15.4 Å². The van der Waals surface area contributed by atoms with E-state index in [2.05, 4.69) is 28.8 Å². The largest absolute Gasteiger partial charge is 0.364 e. The molecule has 2 N–H and O–H groups in total. The minimum absolute atomic E-state index is 0.0899. The molecule has 1 amide bonds. The molecule has 0 aromatic heterocycles. The molecule has 0 radical (unpaired) electrons. The van der Waals surface area contributed by atoms with Crippen LogP contribution in [0.4, 0.5) is 0 Å². The van der Waals surface area contributed by atoms with Gasteiger partial charge in [-0.05, 0) is 36.6 Å². The predicted molar refractivity (Wildman–Crippen MR) is 94.7 cm³/mol. The highest BCUT2D eigenvalue weighted by atomic mass is 16.5. The Kier molecular flexibility index (Phi) is 5.62. The number of hydrogen-bond acceptors (Lipinski definition) is 3. The molecule has 2 aromatic rings. The smallest absolute Gasteiger partial charge is 0.253 e. The van der Waals surface area contributed by atoms with Crippen LogP contribution in [0.3, 0.4) is 0 Å². The van der Waals surface area contributed by atoms with E-state index in [1.807, 2.05) is 43.3 Å². The van der Waals surface area contributed by atoms with Crippen molar-refractivity contribution in [1.82, 2.24) is 10.6 Å². The molecule has 0 saturated heterocycles. The zero-order valence-corrected chi connectivity index (χ0v) is 14.0. The predicted octanol–water partition coefficient (Wildman–Crippen LogP) is 2.77. The lowest BCUT2D eigenvalue weighted by atomic mass is 9.94. The third-order valence-electron chi connectivity index (χ3n) is 4.37. The van der Waals surface area contributed by atoms with Crippen molar-refractivity contribution in [2.75, 3.05) is 19.7 Å². The Morgan fingerprint density at radius 2 is 1.96 bits per heavy atom. The summed E-state index contributed by atoms with van der Waals surface area (Å²) >= 11 is 0. The molecule has 1 heterocycles. The topological polar surface area (TPSA) is 50.4 Å². The van der Waals surface area contributed by atoms with Crippen LogP contribution < -0.4 is 10.6 Å². The normalized spacial score (nSPS) is 17.8. The minimum atomic E-state index is -0.560. The maximum atomic E-state index is 12.6. The van der Waals surface area contributed by atoms with E-state index in [9.17, 15) is 4.79 Å². The number of ether oxygens (including phenoxy) is 1. The van der Waals surface area contributed by atoms with E-state index in [4.69, 9.17) is 4.74 Å². The van der Waals surface area contributed by atoms with Crippen LogP contribution in [0.1, 0.15) is 35.8 Å². The fourth-order valence-corrected chi connectivity index (χ4v) is 3.19. The summed E-state index contributed by atoms with van der Waals surface area (Å²) < 4.78 is 5.67. The second-order valence-electron chi connectivity index (χ2n) is 5.95. The van der Waals surface area contributed by atoms with Gasteiger partial charge in [0.2, 0.25) is 0 Å². The number of nitrogens with one attached hydrogen (secondary N) is 2. The number of amides is 1. The van der Waals surface area contributed by atoms with Crippen LogP contribution in [-0.2, 0) is 16.0 Å². The van der Waals surface area contributed by atoms with E-state index in [-0.39, 0.29) is 11.9 Å². The summed E-state index contributed by atoms with van der Waals surface area (Å²) in [5.41, 5.74) is 3.52. The van der Waals surface area contributed by atoms with Crippen LogP contribution in [0.5, 0.6) is 0 Å². The highest BCUT2D eigenvalue weighted by Gasteiger charge is 2.24. The third kappa shape index (κ3) is 3.83. The number of benzene rings is 2. The number of fused-ring (bicyclic) bond motifs is 1. The van der Waals surface area contributed by atoms with Gasteiger partial charge in [0.25, 0.3) is 5.91 Å². The molecule has 2 unspecified atom stereocenters. The Hall–Kier alpha value is -2.17. The van der Waals surface area contributed by atoms with E-state index in [0.29, 0.717) is 13.2 Å². The summed E-state index contributed by atoms with van der Waals surface area (Å²) in [4.78, 5) is 12.6. The second-order valence-corrected chi connectivity index (χ2v) is 5.95.